The van der Waals surface area contributed by atoms with Crippen molar-refractivity contribution in [1.82, 2.24) is 15.1 Å². The van der Waals surface area contributed by atoms with Crippen molar-refractivity contribution in [1.29, 1.82) is 0 Å². The van der Waals surface area contributed by atoms with Gasteiger partial charge in [-0.15, -0.1) is 0 Å². The maximum Gasteiger partial charge on any atom is 0.436 e. The predicted molar refractivity (Wildman–Crippen MR) is 107 cm³/mol. The number of ether oxygens (including phenoxy) is 1. The molecule has 1 heterocycles. The zero-order valence-electron chi connectivity index (χ0n) is 14.5. The second-order valence-electron chi connectivity index (χ2n) is 5.55. The third-order valence-electron chi connectivity index (χ3n) is 3.64. The van der Waals surface area contributed by atoms with Gasteiger partial charge in [-0.2, -0.15) is 18.3 Å². The smallest absolute Gasteiger partial charge is 0.436 e. The molecule has 2 aromatic rings. The largest absolute Gasteiger partial charge is 0.495 e. The van der Waals surface area contributed by atoms with E-state index in [1.54, 1.807) is 25.1 Å². The van der Waals surface area contributed by atoms with Crippen molar-refractivity contribution >= 4 is 50.5 Å². The summed E-state index contributed by atoms with van der Waals surface area (Å²) in [5.41, 5.74) is 0.119. The zero-order valence-corrected chi connectivity index (χ0v) is 17.6. The topological polar surface area (TPSA) is 51.1 Å². The minimum absolute atomic E-state index is 0.0341. The number of thiocarbonyl (C=S) groups is 1. The van der Waals surface area contributed by atoms with Gasteiger partial charge in [0.2, 0.25) is 0 Å². The van der Waals surface area contributed by atoms with Crippen LogP contribution in [0.1, 0.15) is 17.8 Å². The monoisotopic (exact) mass is 484 g/mol. The molecule has 0 aliphatic rings. The van der Waals surface area contributed by atoms with Gasteiger partial charge in [0.05, 0.1) is 23.0 Å². The van der Waals surface area contributed by atoms with Gasteiger partial charge in [0.25, 0.3) is 0 Å². The summed E-state index contributed by atoms with van der Waals surface area (Å²) < 4.78 is 45.1. The first-order chi connectivity index (χ1) is 12.6. The standard InChI is InChI=1S/C16H17BrClF3N4OS/c1-9-13(17)14(16(19,20)21)24-25(9)7-3-6-22-15(27)23-11-8-10(18)4-5-12(11)26-2/h4-5,8H,3,6-7H2,1-2H3,(H2,22,23,27). The number of hydrogen-bond donors (Lipinski definition) is 2. The van der Waals surface area contributed by atoms with Gasteiger partial charge in [-0.1, -0.05) is 11.6 Å². The number of hydrogen-bond acceptors (Lipinski definition) is 3. The maximum absolute atomic E-state index is 12.9. The molecule has 0 saturated heterocycles. The van der Waals surface area contributed by atoms with E-state index < -0.39 is 11.9 Å². The van der Waals surface area contributed by atoms with E-state index in [0.29, 0.717) is 46.8 Å². The summed E-state index contributed by atoms with van der Waals surface area (Å²) >= 11 is 14.1. The Balaban J connectivity index is 1.87. The number of rotatable bonds is 6. The van der Waals surface area contributed by atoms with E-state index in [1.165, 1.54) is 11.8 Å². The average Bonchev–Trinajstić information content (AvgIpc) is 2.87. The molecule has 1 aromatic carbocycles. The van der Waals surface area contributed by atoms with E-state index in [1.807, 2.05) is 0 Å². The van der Waals surface area contributed by atoms with Gasteiger partial charge in [-0.3, -0.25) is 4.68 Å². The number of methoxy groups -OCH3 is 1. The van der Waals surface area contributed by atoms with Gasteiger partial charge >= 0.3 is 6.18 Å². The number of halogens is 5. The SMILES string of the molecule is COc1ccc(Cl)cc1NC(=S)NCCCn1nc(C(F)(F)F)c(Br)c1C. The fraction of sp³-hybridized carbons (Fsp3) is 0.375. The van der Waals surface area contributed by atoms with Gasteiger partial charge in [-0.25, -0.2) is 0 Å². The fourth-order valence-corrected chi connectivity index (χ4v) is 3.19. The summed E-state index contributed by atoms with van der Waals surface area (Å²) in [6, 6.07) is 5.09. The van der Waals surface area contributed by atoms with Crippen molar-refractivity contribution in [2.75, 3.05) is 19.0 Å². The number of nitrogens with zero attached hydrogens (tertiary/aromatic N) is 2. The van der Waals surface area contributed by atoms with Crippen molar-refractivity contribution in [3.63, 3.8) is 0 Å². The molecule has 2 rings (SSSR count). The van der Waals surface area contributed by atoms with Gasteiger partial charge in [0.1, 0.15) is 5.75 Å². The Morgan fingerprint density at radius 1 is 1.41 bits per heavy atom. The summed E-state index contributed by atoms with van der Waals surface area (Å²) in [6.07, 6.45) is -3.96. The van der Waals surface area contributed by atoms with Crippen LogP contribution in [-0.4, -0.2) is 28.5 Å². The third kappa shape index (κ3) is 5.73. The highest BCUT2D eigenvalue weighted by Crippen LogP contribution is 2.35. The lowest BCUT2D eigenvalue weighted by Gasteiger charge is -2.14. The predicted octanol–water partition coefficient (Wildman–Crippen LogP) is 5.01. The molecule has 0 atom stereocenters. The van der Waals surface area contributed by atoms with Crippen molar-refractivity contribution in [2.45, 2.75) is 26.1 Å². The van der Waals surface area contributed by atoms with Crippen LogP contribution in [0.2, 0.25) is 5.02 Å². The Labute approximate surface area is 173 Å². The quantitative estimate of drug-likeness (QED) is 0.445. The first kappa shape index (κ1) is 21.8. The molecule has 0 spiro atoms. The van der Waals surface area contributed by atoms with E-state index in [-0.39, 0.29) is 4.47 Å². The molecule has 5 nitrogen and oxygen atoms in total. The first-order valence-electron chi connectivity index (χ1n) is 7.82. The molecule has 1 aromatic heterocycles. The highest BCUT2D eigenvalue weighted by Gasteiger charge is 2.37. The number of alkyl halides is 3. The van der Waals surface area contributed by atoms with Crippen LogP contribution >= 0.6 is 39.7 Å². The molecule has 148 valence electrons. The van der Waals surface area contributed by atoms with E-state index >= 15 is 0 Å². The third-order valence-corrected chi connectivity index (χ3v) is 5.07. The van der Waals surface area contributed by atoms with E-state index in [0.717, 1.165) is 0 Å². The number of nitrogens with one attached hydrogen (secondary N) is 2. The molecule has 0 amide bonds. The zero-order chi connectivity index (χ0) is 20.2. The average molecular weight is 486 g/mol. The molecule has 0 radical (unpaired) electrons. The molecular formula is C16H17BrClF3N4OS. The minimum atomic E-state index is -4.49. The summed E-state index contributed by atoms with van der Waals surface area (Å²) in [6.45, 7) is 2.35. The van der Waals surface area contributed by atoms with Crippen LogP contribution < -0.4 is 15.4 Å². The van der Waals surface area contributed by atoms with Crippen LogP contribution in [0.4, 0.5) is 18.9 Å². The minimum Gasteiger partial charge on any atom is -0.495 e. The second-order valence-corrected chi connectivity index (χ2v) is 7.19. The molecule has 27 heavy (non-hydrogen) atoms. The molecule has 0 fully saturated rings. The molecule has 0 aliphatic heterocycles. The van der Waals surface area contributed by atoms with Crippen molar-refractivity contribution < 1.29 is 17.9 Å². The lowest BCUT2D eigenvalue weighted by atomic mass is 10.3. The first-order valence-corrected chi connectivity index (χ1v) is 9.40. The maximum atomic E-state index is 12.9. The Kier molecular flexibility index (Phi) is 7.35. The Morgan fingerprint density at radius 3 is 2.70 bits per heavy atom. The molecule has 2 N–H and O–H groups in total. The van der Waals surface area contributed by atoms with Crippen molar-refractivity contribution in [3.8, 4) is 5.75 Å². The molecule has 11 heteroatoms. The van der Waals surface area contributed by atoms with Crippen molar-refractivity contribution in [3.05, 3.63) is 39.1 Å². The van der Waals surface area contributed by atoms with Crippen LogP contribution in [0, 0.1) is 6.92 Å². The normalized spacial score (nSPS) is 11.4. The summed E-state index contributed by atoms with van der Waals surface area (Å²) in [5, 5.41) is 10.5. The molecular weight excluding hydrogens is 469 g/mol. The van der Waals surface area contributed by atoms with E-state index in [2.05, 4.69) is 31.7 Å². The lowest BCUT2D eigenvalue weighted by molar-refractivity contribution is -0.142. The fourth-order valence-electron chi connectivity index (χ4n) is 2.30. The van der Waals surface area contributed by atoms with Crippen LogP contribution in [-0.2, 0) is 12.7 Å². The number of aryl methyl sites for hydroxylation is 1. The summed E-state index contributed by atoms with van der Waals surface area (Å²) in [5.74, 6) is 0.584. The number of aromatic nitrogens is 2. The number of anilines is 1. The van der Waals surface area contributed by atoms with Crippen LogP contribution in [0.25, 0.3) is 0 Å². The van der Waals surface area contributed by atoms with Gasteiger partial charge in [0, 0.05) is 18.1 Å². The summed E-state index contributed by atoms with van der Waals surface area (Å²) in [4.78, 5) is 0. The van der Waals surface area contributed by atoms with Gasteiger partial charge in [0.15, 0.2) is 10.8 Å². The van der Waals surface area contributed by atoms with Crippen molar-refractivity contribution in [2.24, 2.45) is 0 Å². The molecule has 0 saturated carbocycles. The Morgan fingerprint density at radius 2 is 2.11 bits per heavy atom. The van der Waals surface area contributed by atoms with Crippen LogP contribution in [0.5, 0.6) is 5.75 Å². The molecule has 0 bridgehead atoms. The molecule has 0 unspecified atom stereocenters. The van der Waals surface area contributed by atoms with Gasteiger partial charge in [-0.05, 0) is 59.7 Å². The van der Waals surface area contributed by atoms with E-state index in [9.17, 15) is 13.2 Å². The highest BCUT2D eigenvalue weighted by molar-refractivity contribution is 9.10. The van der Waals surface area contributed by atoms with E-state index in [4.69, 9.17) is 28.6 Å². The Hall–Kier alpha value is -1.52. The summed E-state index contributed by atoms with van der Waals surface area (Å²) in [7, 11) is 1.53. The lowest BCUT2D eigenvalue weighted by Crippen LogP contribution is -2.30. The second kappa shape index (κ2) is 9.11. The van der Waals surface area contributed by atoms with Crippen LogP contribution in [0.15, 0.2) is 22.7 Å². The molecule has 0 aliphatic carbocycles. The van der Waals surface area contributed by atoms with Gasteiger partial charge < -0.3 is 15.4 Å². The Bertz CT molecular complexity index is 829. The number of benzene rings is 1. The van der Waals surface area contributed by atoms with Crippen LogP contribution in [0.3, 0.4) is 0 Å². The highest BCUT2D eigenvalue weighted by atomic mass is 79.9.